The summed E-state index contributed by atoms with van der Waals surface area (Å²) in [6.07, 6.45) is 0. The zero-order valence-corrected chi connectivity index (χ0v) is 18.4. The fourth-order valence-corrected chi connectivity index (χ4v) is 4.42. The molecule has 0 atom stereocenters. The first kappa shape index (κ1) is 8.73. The van der Waals surface area contributed by atoms with E-state index < -0.39 is 159 Å². The molecule has 2 nitrogen and oxygen atoms in total. The van der Waals surface area contributed by atoms with Crippen molar-refractivity contribution in [1.29, 1.82) is 0 Å². The van der Waals surface area contributed by atoms with Gasteiger partial charge in [0, 0.05) is 33.0 Å². The summed E-state index contributed by atoms with van der Waals surface area (Å²) in [5, 5.41) is -0.814. The zero-order valence-electron chi connectivity index (χ0n) is 37.4. The number of aromatic nitrogens is 1. The van der Waals surface area contributed by atoms with E-state index in [2.05, 4.69) is 0 Å². The van der Waals surface area contributed by atoms with Gasteiger partial charge in [-0.3, -0.25) is 0 Å². The van der Waals surface area contributed by atoms with Crippen molar-refractivity contribution in [2.24, 2.45) is 0 Å². The van der Waals surface area contributed by atoms with Crippen LogP contribution in [-0.4, -0.2) is 4.57 Å². The van der Waals surface area contributed by atoms with Crippen molar-refractivity contribution in [3.05, 3.63) is 126 Å². The summed E-state index contributed by atoms with van der Waals surface area (Å²) >= 11 is 0. The molecule has 0 saturated carbocycles. The fourth-order valence-electron chi connectivity index (χ4n) is 4.42. The predicted molar refractivity (Wildman–Crippen MR) is 145 cm³/mol. The van der Waals surface area contributed by atoms with Gasteiger partial charge in [0.2, 0.25) is 0 Å². The molecule has 1 aliphatic heterocycles. The lowest BCUT2D eigenvalue weighted by Crippen LogP contribution is -2.24. The number of rotatable bonds is 2. The van der Waals surface area contributed by atoms with Gasteiger partial charge < -0.3 is 9.30 Å². The SMILES string of the molecule is [2H]c1c([2H])c([2H])c(-n2c3c([2H])c([2H])c([2H])c([2H])c3c3c(-c4c([2H])c([2H])c5c(c4[2H])C(C)(C)c4c([2H])c([2H])c([2H])c([2H])c4O5)c([2H])c([2H])c([2H])c32)c([2H])c1[2H]. The molecule has 0 aliphatic carbocycles. The number of hydrogen-bond donors (Lipinski definition) is 0. The average molecular weight is 471 g/mol. The molecule has 7 rings (SSSR count). The molecule has 0 radical (unpaired) electrons. The third-order valence-corrected chi connectivity index (χ3v) is 6.07. The van der Waals surface area contributed by atoms with Crippen LogP contribution in [-0.2, 0) is 5.41 Å². The Morgan fingerprint density at radius 3 is 2.26 bits per heavy atom. The zero-order chi connectivity index (χ0) is 40.1. The Bertz CT molecular complexity index is 2740. The smallest absolute Gasteiger partial charge is 0.131 e. The Hall–Kier alpha value is -4.30. The number of ether oxygens (including phenoxy) is 1. The van der Waals surface area contributed by atoms with Crippen LogP contribution in [0.25, 0.3) is 38.6 Å². The predicted octanol–water partition coefficient (Wildman–Crippen LogP) is 8.88. The summed E-state index contributed by atoms with van der Waals surface area (Å²) in [6.45, 7) is 3.03. The van der Waals surface area contributed by atoms with Gasteiger partial charge in [-0.1, -0.05) is 86.4 Å². The van der Waals surface area contributed by atoms with Gasteiger partial charge in [-0.2, -0.15) is 0 Å². The number of para-hydroxylation sites is 3. The Labute approximate surface area is 231 Å². The van der Waals surface area contributed by atoms with Crippen molar-refractivity contribution in [3.63, 3.8) is 0 Å². The molecule has 6 aromatic rings. The van der Waals surface area contributed by atoms with Crippen molar-refractivity contribution in [3.8, 4) is 28.3 Å². The molecule has 1 aromatic heterocycles. The lowest BCUT2D eigenvalue weighted by molar-refractivity contribution is 0.418. The second-order valence-electron chi connectivity index (χ2n) is 8.39. The van der Waals surface area contributed by atoms with Crippen molar-refractivity contribution in [2.75, 3.05) is 0 Å². The Morgan fingerprint density at radius 1 is 0.657 bits per heavy atom. The molecule has 1 aliphatic rings. The molecule has 5 aromatic carbocycles. The quantitative estimate of drug-likeness (QED) is 0.246. The van der Waals surface area contributed by atoms with Gasteiger partial charge in [0.15, 0.2) is 0 Å². The van der Waals surface area contributed by atoms with E-state index in [1.807, 2.05) is 0 Å². The Balaban J connectivity index is 1.76. The van der Waals surface area contributed by atoms with Gasteiger partial charge in [-0.15, -0.1) is 0 Å². The highest BCUT2D eigenvalue weighted by atomic mass is 16.5. The lowest BCUT2D eigenvalue weighted by atomic mass is 9.75. The van der Waals surface area contributed by atoms with E-state index in [4.69, 9.17) is 28.0 Å². The molecule has 2 heterocycles. The van der Waals surface area contributed by atoms with Crippen LogP contribution >= 0.6 is 0 Å². The maximum atomic E-state index is 9.56. The first-order chi connectivity index (χ1) is 25.0. The van der Waals surface area contributed by atoms with Crippen LogP contribution in [0.1, 0.15) is 51.0 Å². The topological polar surface area (TPSA) is 14.2 Å². The molecular formula is C33H25NO. The summed E-state index contributed by atoms with van der Waals surface area (Å²) in [6, 6.07) is -13.8. The van der Waals surface area contributed by atoms with Gasteiger partial charge in [0.25, 0.3) is 0 Å². The number of nitrogens with zero attached hydrogens (tertiary/aromatic N) is 1. The minimum Gasteiger partial charge on any atom is -0.457 e. The maximum absolute atomic E-state index is 9.56. The van der Waals surface area contributed by atoms with Gasteiger partial charge in [-0.25, -0.2) is 0 Å². The van der Waals surface area contributed by atoms with Crippen molar-refractivity contribution in [1.82, 2.24) is 4.57 Å². The van der Waals surface area contributed by atoms with Gasteiger partial charge in [0.05, 0.1) is 37.1 Å². The molecule has 35 heavy (non-hydrogen) atoms. The summed E-state index contributed by atoms with van der Waals surface area (Å²) < 4.78 is 172. The molecule has 0 N–H and O–H groups in total. The number of benzene rings is 5. The standard InChI is InChI=1S/C33H25NO/c1-33(2)26-15-7-9-18-30(26)35-31-20-19-22(21-27(31)33)24-14-10-17-29-32(24)25-13-6-8-16-28(25)34(29)23-11-4-3-5-12-23/h3-21H,1-2H3/i3D,4D,5D,6D,7D,8D,9D,10D,11D,12D,13D,14D,15D,16D,17D,18D,19D,20D,21D. The molecule has 2 heteroatoms. The number of hydrogen-bond acceptors (Lipinski definition) is 1. The minimum absolute atomic E-state index is 0.0663. The van der Waals surface area contributed by atoms with E-state index in [0.717, 1.165) is 4.57 Å². The maximum Gasteiger partial charge on any atom is 0.131 e. The summed E-state index contributed by atoms with van der Waals surface area (Å²) in [4.78, 5) is 0. The van der Waals surface area contributed by atoms with Crippen LogP contribution in [0.4, 0.5) is 0 Å². The monoisotopic (exact) mass is 470 g/mol. The van der Waals surface area contributed by atoms with Gasteiger partial charge >= 0.3 is 0 Å². The van der Waals surface area contributed by atoms with E-state index in [1.54, 1.807) is 0 Å². The fraction of sp³-hybridized carbons (Fsp3) is 0.0909. The van der Waals surface area contributed by atoms with E-state index in [-0.39, 0.29) is 22.6 Å². The van der Waals surface area contributed by atoms with Crippen LogP contribution in [0.15, 0.2) is 115 Å². The second kappa shape index (κ2) is 7.35. The molecular weight excluding hydrogens is 426 g/mol. The van der Waals surface area contributed by atoms with Crippen molar-refractivity contribution >= 4 is 21.8 Å². The van der Waals surface area contributed by atoms with E-state index >= 15 is 0 Å². The summed E-state index contributed by atoms with van der Waals surface area (Å²) in [5.41, 5.74) is -4.36. The van der Waals surface area contributed by atoms with Crippen LogP contribution < -0.4 is 4.74 Å². The minimum atomic E-state index is -1.53. The Morgan fingerprint density at radius 2 is 1.37 bits per heavy atom. The average Bonchev–Trinajstić information content (AvgIpc) is 3.47. The van der Waals surface area contributed by atoms with Crippen LogP contribution in [0.3, 0.4) is 0 Å². The van der Waals surface area contributed by atoms with Gasteiger partial charge in [-0.05, 0) is 53.4 Å². The van der Waals surface area contributed by atoms with Crippen LogP contribution in [0.2, 0.25) is 0 Å². The molecule has 0 amide bonds. The highest BCUT2D eigenvalue weighted by Gasteiger charge is 2.34. The van der Waals surface area contributed by atoms with Crippen molar-refractivity contribution < 1.29 is 30.8 Å². The molecule has 0 fully saturated rings. The first-order valence-electron chi connectivity index (χ1n) is 20.1. The van der Waals surface area contributed by atoms with Crippen molar-refractivity contribution in [2.45, 2.75) is 19.3 Å². The summed E-state index contributed by atoms with van der Waals surface area (Å²) in [5.74, 6) is -0.697. The second-order valence-corrected chi connectivity index (χ2v) is 8.39. The summed E-state index contributed by atoms with van der Waals surface area (Å²) in [7, 11) is 0. The van der Waals surface area contributed by atoms with E-state index in [0.29, 0.717) is 0 Å². The molecule has 0 unspecified atom stereocenters. The highest BCUT2D eigenvalue weighted by Crippen LogP contribution is 2.49. The van der Waals surface area contributed by atoms with Crippen LogP contribution in [0.5, 0.6) is 11.5 Å². The molecule has 0 saturated heterocycles. The molecule has 0 spiro atoms. The first-order valence-corrected chi connectivity index (χ1v) is 10.6. The molecule has 168 valence electrons. The Kier molecular flexibility index (Phi) is 1.83. The van der Waals surface area contributed by atoms with Gasteiger partial charge in [0.1, 0.15) is 11.5 Å². The van der Waals surface area contributed by atoms with E-state index in [9.17, 15) is 2.74 Å². The molecule has 0 bridgehead atoms. The lowest BCUT2D eigenvalue weighted by Gasteiger charge is -2.34. The third-order valence-electron chi connectivity index (χ3n) is 6.07. The highest BCUT2D eigenvalue weighted by molar-refractivity contribution is 6.15. The van der Waals surface area contributed by atoms with Crippen LogP contribution in [0, 0.1) is 0 Å². The third kappa shape index (κ3) is 2.90. The number of fused-ring (bicyclic) bond motifs is 5. The normalized spacial score (nSPS) is 21.5. The largest absolute Gasteiger partial charge is 0.457 e. The van der Waals surface area contributed by atoms with E-state index in [1.165, 1.54) is 13.8 Å².